The van der Waals surface area contributed by atoms with Crippen LogP contribution < -0.4 is 5.73 Å². The van der Waals surface area contributed by atoms with Gasteiger partial charge in [-0.2, -0.15) is 0 Å². The summed E-state index contributed by atoms with van der Waals surface area (Å²) in [4.78, 5) is 11.0. The first-order valence-electron chi connectivity index (χ1n) is 3.73. The van der Waals surface area contributed by atoms with Gasteiger partial charge in [0.2, 0.25) is 6.04 Å². The Kier molecular flexibility index (Phi) is 2.34. The summed E-state index contributed by atoms with van der Waals surface area (Å²) in [7, 11) is 1.77. The second-order valence-electron chi connectivity index (χ2n) is 3.16. The second kappa shape index (κ2) is 2.98. The highest BCUT2D eigenvalue weighted by Gasteiger charge is 2.38. The number of piperazine rings is 1. The van der Waals surface area contributed by atoms with Gasteiger partial charge in [-0.25, -0.2) is 10.0 Å². The molecule has 70 valence electrons. The summed E-state index contributed by atoms with van der Waals surface area (Å²) in [5, 5.41) is 20.4. The van der Waals surface area contributed by atoms with E-state index >= 15 is 0 Å². The van der Waals surface area contributed by atoms with Gasteiger partial charge >= 0.3 is 0 Å². The number of likely N-dealkylation sites (N-methyl/N-ethyl adjacent to an activating group) is 1. The number of carbonyl (C=O) groups is 1. The number of hydroxylamine groups is 4. The molecule has 6 nitrogen and oxygen atoms in total. The lowest BCUT2D eigenvalue weighted by atomic mass is 10.2. The lowest BCUT2D eigenvalue weighted by Gasteiger charge is -2.44. The van der Waals surface area contributed by atoms with Crippen LogP contribution >= 0.6 is 0 Å². The zero-order valence-electron chi connectivity index (χ0n) is 6.93. The van der Waals surface area contributed by atoms with Gasteiger partial charge in [0.05, 0.1) is 13.1 Å². The second-order valence-corrected chi connectivity index (χ2v) is 3.16. The third-order valence-corrected chi connectivity index (χ3v) is 2.10. The van der Waals surface area contributed by atoms with Crippen molar-refractivity contribution < 1.29 is 14.8 Å². The number of quaternary nitrogens is 1. The molecule has 1 fully saturated rings. The molecule has 6 heteroatoms. The largest absolute Gasteiger partial charge is 0.598 e. The van der Waals surface area contributed by atoms with Crippen LogP contribution in [0, 0.1) is 5.21 Å². The summed E-state index contributed by atoms with van der Waals surface area (Å²) < 4.78 is 0. The zero-order valence-corrected chi connectivity index (χ0v) is 6.93. The standard InChI is InChI=1S/C6H13N3O3/c1-8-2-3-9(11,12)5(4-8)6(7)10/h5,11H,2-4H2,1H3,(H2,7,10). The van der Waals surface area contributed by atoms with Gasteiger partial charge in [0.1, 0.15) is 6.54 Å². The first-order valence-corrected chi connectivity index (χ1v) is 3.73. The number of carbonyl (C=O) groups excluding carboxylic acids is 1. The highest BCUT2D eigenvalue weighted by Crippen LogP contribution is 2.13. The van der Waals surface area contributed by atoms with E-state index in [-0.39, 0.29) is 13.1 Å². The normalized spacial score (nSPS) is 38.1. The fraction of sp³-hybridized carbons (Fsp3) is 0.833. The fourth-order valence-electron chi connectivity index (χ4n) is 1.27. The molecule has 1 amide bonds. The van der Waals surface area contributed by atoms with Crippen LogP contribution in [0.2, 0.25) is 0 Å². The van der Waals surface area contributed by atoms with Crippen LogP contribution in [0.1, 0.15) is 0 Å². The van der Waals surface area contributed by atoms with Crippen LogP contribution in [-0.4, -0.2) is 53.5 Å². The van der Waals surface area contributed by atoms with Gasteiger partial charge in [0, 0.05) is 0 Å². The Morgan fingerprint density at radius 2 is 2.42 bits per heavy atom. The lowest BCUT2D eigenvalue weighted by molar-refractivity contribution is -1.08. The van der Waals surface area contributed by atoms with Crippen molar-refractivity contribution in [2.75, 3.05) is 26.7 Å². The predicted octanol–water partition coefficient (Wildman–Crippen LogP) is -1.51. The number of hydrogen-bond acceptors (Lipinski definition) is 4. The lowest BCUT2D eigenvalue weighted by Crippen LogP contribution is -2.64. The van der Waals surface area contributed by atoms with E-state index < -0.39 is 16.8 Å². The number of nitrogens with two attached hydrogens (primary N) is 1. The van der Waals surface area contributed by atoms with Crippen molar-refractivity contribution in [3.05, 3.63) is 5.21 Å². The molecule has 0 aromatic rings. The van der Waals surface area contributed by atoms with E-state index in [4.69, 9.17) is 5.73 Å². The van der Waals surface area contributed by atoms with Gasteiger partial charge in [-0.15, -0.1) is 0 Å². The zero-order chi connectivity index (χ0) is 9.35. The molecule has 2 unspecified atom stereocenters. The summed E-state index contributed by atoms with van der Waals surface area (Å²) in [6, 6.07) is -1.05. The van der Waals surface area contributed by atoms with Crippen molar-refractivity contribution in [3.8, 4) is 0 Å². The maximum Gasteiger partial charge on any atom is 0.280 e. The first-order chi connectivity index (χ1) is 5.43. The van der Waals surface area contributed by atoms with Gasteiger partial charge < -0.3 is 10.9 Å². The molecule has 1 rings (SSSR count). The van der Waals surface area contributed by atoms with Crippen molar-refractivity contribution in [3.63, 3.8) is 0 Å². The van der Waals surface area contributed by atoms with Gasteiger partial charge in [0.15, 0.2) is 0 Å². The summed E-state index contributed by atoms with van der Waals surface area (Å²) >= 11 is 0. The molecule has 0 spiro atoms. The van der Waals surface area contributed by atoms with E-state index in [1.165, 1.54) is 0 Å². The van der Waals surface area contributed by atoms with Crippen molar-refractivity contribution in [1.82, 2.24) is 4.90 Å². The highest BCUT2D eigenvalue weighted by atomic mass is 16.8. The Morgan fingerprint density at radius 3 is 2.83 bits per heavy atom. The summed E-state index contributed by atoms with van der Waals surface area (Å²) in [5.74, 6) is -0.751. The third-order valence-electron chi connectivity index (χ3n) is 2.10. The van der Waals surface area contributed by atoms with Crippen LogP contribution in [-0.2, 0) is 4.79 Å². The average molecular weight is 175 g/mol. The van der Waals surface area contributed by atoms with Crippen molar-refractivity contribution in [2.45, 2.75) is 6.04 Å². The van der Waals surface area contributed by atoms with E-state index in [2.05, 4.69) is 0 Å². The molecule has 12 heavy (non-hydrogen) atoms. The molecule has 0 aromatic carbocycles. The van der Waals surface area contributed by atoms with Crippen LogP contribution in [0.3, 0.4) is 0 Å². The van der Waals surface area contributed by atoms with Crippen LogP contribution in [0.25, 0.3) is 0 Å². The smallest absolute Gasteiger partial charge is 0.280 e. The monoisotopic (exact) mass is 175 g/mol. The Hall–Kier alpha value is -0.690. The molecule has 0 saturated carbocycles. The highest BCUT2D eigenvalue weighted by molar-refractivity contribution is 5.79. The molecule has 0 aliphatic carbocycles. The first kappa shape index (κ1) is 9.40. The molecule has 1 aliphatic rings. The van der Waals surface area contributed by atoms with Gasteiger partial charge in [-0.1, -0.05) is 0 Å². The number of rotatable bonds is 1. The Labute approximate surface area is 70.3 Å². The van der Waals surface area contributed by atoms with E-state index in [1.54, 1.807) is 11.9 Å². The van der Waals surface area contributed by atoms with Gasteiger partial charge in [-0.3, -0.25) is 9.69 Å². The van der Waals surface area contributed by atoms with Gasteiger partial charge in [0.25, 0.3) is 5.91 Å². The van der Waals surface area contributed by atoms with E-state index in [0.29, 0.717) is 6.54 Å². The molecule has 0 radical (unpaired) electrons. The SMILES string of the molecule is CN1CC[N+]([O-])(O)C(C(N)=O)C1. The van der Waals surface area contributed by atoms with Gasteiger partial charge in [-0.05, 0) is 7.05 Å². The number of primary amides is 1. The number of amides is 1. The molecular weight excluding hydrogens is 162 g/mol. The molecule has 2 atom stereocenters. The van der Waals surface area contributed by atoms with Crippen molar-refractivity contribution >= 4 is 5.91 Å². The van der Waals surface area contributed by atoms with Crippen molar-refractivity contribution in [1.29, 1.82) is 0 Å². The van der Waals surface area contributed by atoms with E-state index in [0.717, 1.165) is 0 Å². The van der Waals surface area contributed by atoms with E-state index in [1.807, 2.05) is 0 Å². The Balaban J connectivity index is 2.72. The van der Waals surface area contributed by atoms with E-state index in [9.17, 15) is 15.2 Å². The molecule has 1 saturated heterocycles. The summed E-state index contributed by atoms with van der Waals surface area (Å²) in [5.41, 5.74) is 4.96. The molecule has 3 N–H and O–H groups in total. The predicted molar refractivity (Wildman–Crippen MR) is 40.8 cm³/mol. The van der Waals surface area contributed by atoms with Crippen LogP contribution in [0.5, 0.6) is 0 Å². The summed E-state index contributed by atoms with van der Waals surface area (Å²) in [6.07, 6.45) is 0. The average Bonchev–Trinajstić information content (AvgIpc) is 1.94. The minimum absolute atomic E-state index is 0.00981. The molecule has 0 bridgehead atoms. The molecular formula is C6H13N3O3. The maximum absolute atomic E-state index is 11.2. The number of nitrogens with zero attached hydrogens (tertiary/aromatic N) is 2. The number of hydrogen-bond donors (Lipinski definition) is 2. The molecule has 1 heterocycles. The summed E-state index contributed by atoms with van der Waals surface area (Å²) in [6.45, 7) is 0.684. The Morgan fingerprint density at radius 1 is 1.83 bits per heavy atom. The topological polar surface area (TPSA) is 89.6 Å². The minimum Gasteiger partial charge on any atom is -0.598 e. The minimum atomic E-state index is -1.53. The maximum atomic E-state index is 11.2. The quantitative estimate of drug-likeness (QED) is 0.374. The molecule has 0 aromatic heterocycles. The van der Waals surface area contributed by atoms with Crippen LogP contribution in [0.15, 0.2) is 0 Å². The Bertz CT molecular complexity index is 194. The van der Waals surface area contributed by atoms with Crippen LogP contribution in [0.4, 0.5) is 0 Å². The fourth-order valence-corrected chi connectivity index (χ4v) is 1.27. The van der Waals surface area contributed by atoms with Crippen molar-refractivity contribution in [2.24, 2.45) is 5.73 Å². The third kappa shape index (κ3) is 1.72. The molecule has 1 aliphatic heterocycles.